The molecule has 3 rings (SSSR count). The fraction of sp³-hybridized carbons (Fsp3) is 0.263. The maximum Gasteiger partial charge on any atom is 0.237 e. The number of carbonyl (C=O) groups is 1. The van der Waals surface area contributed by atoms with Crippen LogP contribution in [0.25, 0.3) is 0 Å². The number of nitriles is 2. The molecule has 1 aromatic heterocycles. The molecule has 2 aromatic rings. The van der Waals surface area contributed by atoms with Crippen LogP contribution < -0.4 is 11.1 Å². The van der Waals surface area contributed by atoms with E-state index >= 15 is 0 Å². The third kappa shape index (κ3) is 3.63. The summed E-state index contributed by atoms with van der Waals surface area (Å²) in [7, 11) is 0. The highest BCUT2D eigenvalue weighted by molar-refractivity contribution is 8.00. The summed E-state index contributed by atoms with van der Waals surface area (Å²) >= 11 is 1.15. The van der Waals surface area contributed by atoms with Crippen molar-refractivity contribution in [2.45, 2.75) is 36.5 Å². The molecule has 1 heterocycles. The molecule has 1 aliphatic carbocycles. The Kier molecular flexibility index (Phi) is 5.11. The van der Waals surface area contributed by atoms with Gasteiger partial charge >= 0.3 is 0 Å². The molecule has 1 atom stereocenters. The second-order valence-corrected chi connectivity index (χ2v) is 7.41. The summed E-state index contributed by atoms with van der Waals surface area (Å²) in [6.45, 7) is 1.74. The van der Waals surface area contributed by atoms with E-state index in [4.69, 9.17) is 11.0 Å². The Balaban J connectivity index is 1.73. The number of amides is 1. The first-order valence-electron chi connectivity index (χ1n) is 8.22. The van der Waals surface area contributed by atoms with Crippen LogP contribution >= 0.6 is 11.8 Å². The third-order valence-electron chi connectivity index (χ3n) is 4.28. The Morgan fingerprint density at radius 2 is 1.96 bits per heavy atom. The number of hydrogen-bond acceptors (Lipinski definition) is 6. The molecule has 1 amide bonds. The van der Waals surface area contributed by atoms with Crippen LogP contribution in [0.5, 0.6) is 0 Å². The minimum atomic E-state index is -0.477. The van der Waals surface area contributed by atoms with E-state index in [2.05, 4.69) is 16.4 Å². The summed E-state index contributed by atoms with van der Waals surface area (Å²) in [5.41, 5.74) is 9.52. The molecule has 26 heavy (non-hydrogen) atoms. The van der Waals surface area contributed by atoms with Gasteiger partial charge in [0.25, 0.3) is 0 Å². The minimum absolute atomic E-state index is 0.0558. The molecule has 0 radical (unpaired) electrons. The standard InChI is InChI=1S/C19H17N5OS/c1-11(26-19-15(10-21)7-14(9-20)17(22)24-19)18(25)23-16-6-5-12-3-2-4-13(12)8-16/h5-8,11H,2-4H2,1H3,(H2,22,24)(H,23,25)/t11-/m1/s1. The summed E-state index contributed by atoms with van der Waals surface area (Å²) in [6.07, 6.45) is 3.30. The second kappa shape index (κ2) is 7.47. The lowest BCUT2D eigenvalue weighted by molar-refractivity contribution is -0.115. The third-order valence-corrected chi connectivity index (χ3v) is 5.38. The van der Waals surface area contributed by atoms with Crippen LogP contribution in [0.2, 0.25) is 0 Å². The molecule has 0 bridgehead atoms. The minimum Gasteiger partial charge on any atom is -0.383 e. The van der Waals surface area contributed by atoms with Gasteiger partial charge in [-0.3, -0.25) is 4.79 Å². The van der Waals surface area contributed by atoms with E-state index in [1.54, 1.807) is 6.92 Å². The van der Waals surface area contributed by atoms with E-state index < -0.39 is 5.25 Å². The maximum absolute atomic E-state index is 12.5. The number of nitrogens with one attached hydrogen (secondary N) is 1. The van der Waals surface area contributed by atoms with Gasteiger partial charge in [0.2, 0.25) is 5.91 Å². The summed E-state index contributed by atoms with van der Waals surface area (Å²) in [4.78, 5) is 16.6. The first kappa shape index (κ1) is 17.8. The number of aromatic nitrogens is 1. The number of rotatable bonds is 4. The summed E-state index contributed by atoms with van der Waals surface area (Å²) in [5, 5.41) is 21.0. The summed E-state index contributed by atoms with van der Waals surface area (Å²) < 4.78 is 0. The first-order chi connectivity index (χ1) is 12.5. The molecule has 0 unspecified atom stereocenters. The SMILES string of the molecule is C[C@@H](Sc1nc(N)c(C#N)cc1C#N)C(=O)Nc1ccc2c(c1)CCC2. The lowest BCUT2D eigenvalue weighted by Gasteiger charge is -2.13. The van der Waals surface area contributed by atoms with E-state index in [0.717, 1.165) is 36.7 Å². The van der Waals surface area contributed by atoms with Crippen LogP contribution in [0.15, 0.2) is 29.3 Å². The predicted molar refractivity (Wildman–Crippen MR) is 100 cm³/mol. The molecule has 0 spiro atoms. The number of thioether (sulfide) groups is 1. The van der Waals surface area contributed by atoms with E-state index in [0.29, 0.717) is 5.03 Å². The number of nitrogens with zero attached hydrogens (tertiary/aromatic N) is 3. The number of fused-ring (bicyclic) bond motifs is 1. The van der Waals surface area contributed by atoms with Crippen molar-refractivity contribution in [3.8, 4) is 12.1 Å². The van der Waals surface area contributed by atoms with Crippen molar-refractivity contribution in [2.75, 3.05) is 11.1 Å². The monoisotopic (exact) mass is 363 g/mol. The van der Waals surface area contributed by atoms with Gasteiger partial charge in [0.15, 0.2) is 0 Å². The van der Waals surface area contributed by atoms with E-state index in [1.165, 1.54) is 17.2 Å². The highest BCUT2D eigenvalue weighted by Gasteiger charge is 2.20. The number of hydrogen-bond donors (Lipinski definition) is 2. The molecule has 0 fully saturated rings. The van der Waals surface area contributed by atoms with Gasteiger partial charge in [-0.2, -0.15) is 10.5 Å². The largest absolute Gasteiger partial charge is 0.383 e. The molecule has 130 valence electrons. The Bertz CT molecular complexity index is 958. The Hall–Kier alpha value is -3.03. The molecule has 0 saturated heterocycles. The van der Waals surface area contributed by atoms with Crippen LogP contribution in [0.4, 0.5) is 11.5 Å². The summed E-state index contributed by atoms with van der Waals surface area (Å²) in [5.74, 6) is -0.123. The van der Waals surface area contributed by atoms with Crippen molar-refractivity contribution in [1.29, 1.82) is 10.5 Å². The van der Waals surface area contributed by atoms with Crippen LogP contribution in [0, 0.1) is 22.7 Å². The predicted octanol–water partition coefficient (Wildman–Crippen LogP) is 3.02. The van der Waals surface area contributed by atoms with Crippen molar-refractivity contribution < 1.29 is 4.79 Å². The van der Waals surface area contributed by atoms with Crippen molar-refractivity contribution in [3.05, 3.63) is 46.5 Å². The fourth-order valence-electron chi connectivity index (χ4n) is 2.88. The number of pyridine rings is 1. The highest BCUT2D eigenvalue weighted by Crippen LogP contribution is 2.29. The molecule has 6 nitrogen and oxygen atoms in total. The zero-order chi connectivity index (χ0) is 18.7. The Morgan fingerprint density at radius 3 is 2.69 bits per heavy atom. The average molecular weight is 363 g/mol. The number of carbonyl (C=O) groups excluding carboxylic acids is 1. The van der Waals surface area contributed by atoms with Crippen molar-refractivity contribution in [2.24, 2.45) is 0 Å². The molecule has 1 aromatic carbocycles. The number of anilines is 2. The normalized spacial score (nSPS) is 13.3. The van der Waals surface area contributed by atoms with E-state index in [9.17, 15) is 10.1 Å². The highest BCUT2D eigenvalue weighted by atomic mass is 32.2. The molecular formula is C19H17N5OS. The Morgan fingerprint density at radius 1 is 1.23 bits per heavy atom. The zero-order valence-electron chi connectivity index (χ0n) is 14.2. The second-order valence-electron chi connectivity index (χ2n) is 6.08. The molecular weight excluding hydrogens is 346 g/mol. The molecule has 3 N–H and O–H groups in total. The van der Waals surface area contributed by atoms with Gasteiger partial charge in [-0.25, -0.2) is 4.98 Å². The summed E-state index contributed by atoms with van der Waals surface area (Å²) in [6, 6.07) is 11.3. The average Bonchev–Trinajstić information content (AvgIpc) is 3.09. The van der Waals surface area contributed by atoms with Crippen LogP contribution in [-0.2, 0) is 17.6 Å². The smallest absolute Gasteiger partial charge is 0.237 e. The van der Waals surface area contributed by atoms with Gasteiger partial charge in [-0.1, -0.05) is 17.8 Å². The maximum atomic E-state index is 12.5. The molecule has 1 aliphatic rings. The van der Waals surface area contributed by atoms with Crippen LogP contribution in [-0.4, -0.2) is 16.1 Å². The van der Waals surface area contributed by atoms with Gasteiger partial charge in [0.05, 0.1) is 16.4 Å². The number of nitrogen functional groups attached to an aromatic ring is 1. The molecule has 0 aliphatic heterocycles. The number of aryl methyl sites for hydroxylation is 2. The first-order valence-corrected chi connectivity index (χ1v) is 9.10. The van der Waals surface area contributed by atoms with Gasteiger partial charge in [0, 0.05) is 5.69 Å². The fourth-order valence-corrected chi connectivity index (χ4v) is 3.77. The van der Waals surface area contributed by atoms with E-state index in [1.807, 2.05) is 24.3 Å². The number of nitrogens with two attached hydrogens (primary N) is 1. The van der Waals surface area contributed by atoms with Crippen molar-refractivity contribution >= 4 is 29.2 Å². The lowest BCUT2D eigenvalue weighted by Crippen LogP contribution is -2.22. The zero-order valence-corrected chi connectivity index (χ0v) is 15.1. The van der Waals surface area contributed by atoms with Gasteiger partial charge < -0.3 is 11.1 Å². The topological polar surface area (TPSA) is 116 Å². The van der Waals surface area contributed by atoms with Gasteiger partial charge in [-0.15, -0.1) is 0 Å². The van der Waals surface area contributed by atoms with E-state index in [-0.39, 0.29) is 22.9 Å². The molecule has 0 saturated carbocycles. The van der Waals surface area contributed by atoms with Crippen molar-refractivity contribution in [3.63, 3.8) is 0 Å². The van der Waals surface area contributed by atoms with Crippen LogP contribution in [0.3, 0.4) is 0 Å². The van der Waals surface area contributed by atoms with Crippen molar-refractivity contribution in [1.82, 2.24) is 4.98 Å². The molecule has 7 heteroatoms. The number of benzene rings is 1. The quantitative estimate of drug-likeness (QED) is 0.807. The van der Waals surface area contributed by atoms with Gasteiger partial charge in [0.1, 0.15) is 23.0 Å². The van der Waals surface area contributed by atoms with Gasteiger partial charge in [-0.05, 0) is 55.5 Å². The lowest BCUT2D eigenvalue weighted by atomic mass is 10.1. The van der Waals surface area contributed by atoms with Crippen LogP contribution in [0.1, 0.15) is 35.6 Å². The Labute approximate surface area is 156 Å².